The van der Waals surface area contributed by atoms with Gasteiger partial charge in [-0.15, -0.1) is 0 Å². The highest BCUT2D eigenvalue weighted by Gasteiger charge is 2.52. The monoisotopic (exact) mass is 442 g/mol. The van der Waals surface area contributed by atoms with Gasteiger partial charge in [0.05, 0.1) is 26.0 Å². The van der Waals surface area contributed by atoms with Gasteiger partial charge in [0.2, 0.25) is 5.82 Å². The van der Waals surface area contributed by atoms with Crippen molar-refractivity contribution in [1.82, 2.24) is 0 Å². The molecule has 4 bridgehead atoms. The smallest absolute Gasteiger partial charge is 0.330 e. The largest absolute Gasteiger partial charge is 0.490 e. The molecule has 0 atom stereocenters. The van der Waals surface area contributed by atoms with E-state index in [0.717, 1.165) is 19.3 Å². The Balaban J connectivity index is 1.41. The number of benzene rings is 1. The SMILES string of the molecule is CCOP(=O)(CCCOc1ccc([C@]23CC4C[C@@H](C[C@H](C4)C2)C3)c(F)c1F)OCC. The Morgan fingerprint density at radius 3 is 2.07 bits per heavy atom. The molecule has 4 aliphatic rings. The van der Waals surface area contributed by atoms with E-state index in [0.29, 0.717) is 43.0 Å². The Morgan fingerprint density at radius 2 is 1.53 bits per heavy atom. The van der Waals surface area contributed by atoms with Crippen LogP contribution in [0.2, 0.25) is 0 Å². The zero-order chi connectivity index (χ0) is 21.4. The number of ether oxygens (including phenoxy) is 1. The summed E-state index contributed by atoms with van der Waals surface area (Å²) < 4.78 is 58.4. The number of rotatable bonds is 10. The molecule has 0 spiro atoms. The molecule has 7 heteroatoms. The molecular weight excluding hydrogens is 409 g/mol. The van der Waals surface area contributed by atoms with Crippen LogP contribution >= 0.6 is 7.60 Å². The zero-order valence-corrected chi connectivity index (χ0v) is 18.9. The summed E-state index contributed by atoms with van der Waals surface area (Å²) in [5, 5.41) is 0. The molecule has 0 heterocycles. The van der Waals surface area contributed by atoms with Gasteiger partial charge in [0, 0.05) is 0 Å². The molecule has 1 aromatic carbocycles. The van der Waals surface area contributed by atoms with Crippen molar-refractivity contribution in [3.05, 3.63) is 29.3 Å². The predicted octanol–water partition coefficient (Wildman–Crippen LogP) is 6.47. The highest BCUT2D eigenvalue weighted by Crippen LogP contribution is 2.61. The first-order valence-electron chi connectivity index (χ1n) is 11.4. The molecule has 4 nitrogen and oxygen atoms in total. The van der Waals surface area contributed by atoms with Crippen LogP contribution < -0.4 is 4.74 Å². The second-order valence-electron chi connectivity index (χ2n) is 9.31. The molecule has 4 fully saturated rings. The van der Waals surface area contributed by atoms with Crippen molar-refractivity contribution in [2.45, 2.75) is 64.2 Å². The number of hydrogen-bond donors (Lipinski definition) is 0. The lowest BCUT2D eigenvalue weighted by Gasteiger charge is -2.57. The number of hydrogen-bond acceptors (Lipinski definition) is 4. The van der Waals surface area contributed by atoms with Crippen LogP contribution in [0, 0.1) is 29.4 Å². The minimum absolute atomic E-state index is 0.0800. The van der Waals surface area contributed by atoms with E-state index in [1.807, 2.05) is 0 Å². The molecule has 0 amide bonds. The fourth-order valence-corrected chi connectivity index (χ4v) is 8.13. The summed E-state index contributed by atoms with van der Waals surface area (Å²) in [6, 6.07) is 3.31. The Morgan fingerprint density at radius 1 is 0.967 bits per heavy atom. The topological polar surface area (TPSA) is 44.8 Å². The molecule has 0 radical (unpaired) electrons. The summed E-state index contributed by atoms with van der Waals surface area (Å²) in [6.07, 6.45) is 7.30. The predicted molar refractivity (Wildman–Crippen MR) is 112 cm³/mol. The average Bonchev–Trinajstić information content (AvgIpc) is 2.67. The summed E-state index contributed by atoms with van der Waals surface area (Å²) in [4.78, 5) is 0. The fraction of sp³-hybridized carbons (Fsp3) is 0.739. The highest BCUT2D eigenvalue weighted by molar-refractivity contribution is 7.53. The molecule has 0 N–H and O–H groups in total. The first-order chi connectivity index (χ1) is 14.4. The van der Waals surface area contributed by atoms with Crippen molar-refractivity contribution in [3.8, 4) is 5.75 Å². The van der Waals surface area contributed by atoms with Gasteiger partial charge in [-0.2, -0.15) is 4.39 Å². The van der Waals surface area contributed by atoms with E-state index in [1.54, 1.807) is 26.0 Å². The normalized spacial score (nSPS) is 30.1. The lowest BCUT2D eigenvalue weighted by atomic mass is 9.48. The van der Waals surface area contributed by atoms with Crippen LogP contribution in [0.1, 0.15) is 64.4 Å². The average molecular weight is 442 g/mol. The van der Waals surface area contributed by atoms with Crippen LogP contribution in [-0.4, -0.2) is 26.0 Å². The molecular formula is C23H33F2O4P. The first-order valence-corrected chi connectivity index (χ1v) is 13.1. The van der Waals surface area contributed by atoms with Crippen LogP contribution in [0.15, 0.2) is 12.1 Å². The summed E-state index contributed by atoms with van der Waals surface area (Å²) >= 11 is 0. The second-order valence-corrected chi connectivity index (χ2v) is 11.5. The Labute approximate surface area is 178 Å². The van der Waals surface area contributed by atoms with E-state index in [2.05, 4.69) is 0 Å². The molecule has 0 aliphatic heterocycles. The minimum Gasteiger partial charge on any atom is -0.490 e. The van der Waals surface area contributed by atoms with Crippen molar-refractivity contribution < 1.29 is 27.1 Å². The maximum Gasteiger partial charge on any atom is 0.330 e. The first kappa shape index (κ1) is 22.2. The van der Waals surface area contributed by atoms with Crippen LogP contribution in [0.25, 0.3) is 0 Å². The molecule has 0 saturated heterocycles. The number of halogens is 2. The van der Waals surface area contributed by atoms with Crippen molar-refractivity contribution >= 4 is 7.60 Å². The summed E-state index contributed by atoms with van der Waals surface area (Å²) in [5.74, 6) is 0.274. The standard InChI is InChI=1S/C23H33F2O4P/c1-3-28-30(26,29-4-2)9-5-8-27-20-7-6-19(21(24)22(20)25)23-13-16-10-17(14-23)12-18(11-16)15-23/h6-7,16-18H,3-5,8-15H2,1-2H3/t16-,17-,18?,23-/m1/s1. The summed E-state index contributed by atoms with van der Waals surface area (Å²) in [5.41, 5.74) is 0.350. The minimum atomic E-state index is -3.15. The molecule has 30 heavy (non-hydrogen) atoms. The molecule has 4 saturated carbocycles. The maximum absolute atomic E-state index is 15.1. The van der Waals surface area contributed by atoms with E-state index in [4.69, 9.17) is 13.8 Å². The second kappa shape index (κ2) is 8.88. The summed E-state index contributed by atoms with van der Waals surface area (Å²) in [6.45, 7) is 4.22. The lowest BCUT2D eigenvalue weighted by molar-refractivity contribution is -0.00708. The van der Waals surface area contributed by atoms with E-state index in [-0.39, 0.29) is 23.9 Å². The van der Waals surface area contributed by atoms with Gasteiger partial charge in [-0.3, -0.25) is 4.57 Å². The van der Waals surface area contributed by atoms with Crippen molar-refractivity contribution in [2.75, 3.05) is 26.0 Å². The molecule has 4 aliphatic carbocycles. The van der Waals surface area contributed by atoms with Crippen LogP contribution in [0.5, 0.6) is 5.75 Å². The highest BCUT2D eigenvalue weighted by atomic mass is 31.2. The molecule has 1 aromatic rings. The van der Waals surface area contributed by atoms with Gasteiger partial charge in [0.25, 0.3) is 0 Å². The Bertz CT molecular complexity index is 767. The van der Waals surface area contributed by atoms with Gasteiger partial charge < -0.3 is 13.8 Å². The Hall–Kier alpha value is -0.970. The van der Waals surface area contributed by atoms with Crippen molar-refractivity contribution in [2.24, 2.45) is 17.8 Å². The van der Waals surface area contributed by atoms with Gasteiger partial charge in [-0.1, -0.05) is 6.07 Å². The van der Waals surface area contributed by atoms with Gasteiger partial charge >= 0.3 is 7.60 Å². The molecule has 168 valence electrons. The van der Waals surface area contributed by atoms with Crippen LogP contribution in [0.3, 0.4) is 0 Å². The van der Waals surface area contributed by atoms with Gasteiger partial charge in [0.1, 0.15) is 0 Å². The van der Waals surface area contributed by atoms with Crippen LogP contribution in [-0.2, 0) is 19.0 Å². The van der Waals surface area contributed by atoms with E-state index in [9.17, 15) is 8.96 Å². The van der Waals surface area contributed by atoms with E-state index < -0.39 is 19.2 Å². The van der Waals surface area contributed by atoms with Crippen LogP contribution in [0.4, 0.5) is 8.78 Å². The van der Waals surface area contributed by atoms with E-state index >= 15 is 4.39 Å². The Kier molecular flexibility index (Phi) is 6.58. The van der Waals surface area contributed by atoms with Gasteiger partial charge in [-0.25, -0.2) is 4.39 Å². The van der Waals surface area contributed by atoms with Gasteiger partial charge in [0.15, 0.2) is 11.6 Å². The zero-order valence-electron chi connectivity index (χ0n) is 18.0. The third-order valence-corrected chi connectivity index (χ3v) is 9.31. The molecule has 5 rings (SSSR count). The molecule has 0 unspecified atom stereocenters. The molecule has 0 aromatic heterocycles. The van der Waals surface area contributed by atoms with E-state index in [1.165, 1.54) is 19.3 Å². The van der Waals surface area contributed by atoms with Crippen molar-refractivity contribution in [1.29, 1.82) is 0 Å². The van der Waals surface area contributed by atoms with Crippen molar-refractivity contribution in [3.63, 3.8) is 0 Å². The maximum atomic E-state index is 15.1. The third-order valence-electron chi connectivity index (χ3n) is 7.14. The quantitative estimate of drug-likeness (QED) is 0.308. The summed E-state index contributed by atoms with van der Waals surface area (Å²) in [7, 11) is -3.15. The lowest BCUT2D eigenvalue weighted by Crippen LogP contribution is -2.49. The third kappa shape index (κ3) is 4.33. The van der Waals surface area contributed by atoms with Gasteiger partial charge in [-0.05, 0) is 93.6 Å². The fourth-order valence-electron chi connectivity index (χ4n) is 6.49.